The third-order valence-electron chi connectivity index (χ3n) is 4.85. The molecule has 0 radical (unpaired) electrons. The normalized spacial score (nSPS) is 11.1. The third kappa shape index (κ3) is 4.68. The van der Waals surface area contributed by atoms with Crippen molar-refractivity contribution in [3.63, 3.8) is 0 Å². The minimum absolute atomic E-state index is 0.00227. The molecular formula is C22H23N5OS. The van der Waals surface area contributed by atoms with Crippen molar-refractivity contribution in [2.45, 2.75) is 18.0 Å². The first-order valence-corrected chi connectivity index (χ1v) is 10.6. The van der Waals surface area contributed by atoms with Crippen LogP contribution in [0.4, 0.5) is 0 Å². The topological polar surface area (TPSA) is 75.6 Å². The summed E-state index contributed by atoms with van der Waals surface area (Å²) in [6, 6.07) is 18.4. The largest absolute Gasteiger partial charge is 0.361 e. The first kappa shape index (κ1) is 19.3. The zero-order valence-corrected chi connectivity index (χ0v) is 17.1. The minimum atomic E-state index is 0.00227. The maximum absolute atomic E-state index is 12.2. The van der Waals surface area contributed by atoms with Gasteiger partial charge >= 0.3 is 0 Å². The van der Waals surface area contributed by atoms with Crippen LogP contribution in [0.15, 0.2) is 66.0 Å². The zero-order chi connectivity index (χ0) is 20.1. The number of aromatic nitrogens is 4. The molecule has 148 valence electrons. The number of thioether (sulfide) groups is 1. The van der Waals surface area contributed by atoms with Crippen molar-refractivity contribution in [2.75, 3.05) is 12.3 Å². The monoisotopic (exact) mass is 405 g/mol. The molecule has 4 rings (SSSR count). The van der Waals surface area contributed by atoms with Crippen LogP contribution in [-0.4, -0.2) is 38.0 Å². The van der Waals surface area contributed by atoms with Gasteiger partial charge in [-0.3, -0.25) is 4.79 Å². The lowest BCUT2D eigenvalue weighted by molar-refractivity contribution is -0.118. The second-order valence-electron chi connectivity index (χ2n) is 6.87. The number of para-hydroxylation sites is 1. The average molecular weight is 406 g/mol. The fourth-order valence-corrected chi connectivity index (χ4v) is 4.02. The molecule has 0 saturated carbocycles. The molecule has 0 fully saturated rings. The summed E-state index contributed by atoms with van der Waals surface area (Å²) in [5.74, 6) is 1.21. The molecule has 0 spiro atoms. The molecule has 29 heavy (non-hydrogen) atoms. The van der Waals surface area contributed by atoms with Gasteiger partial charge in [-0.15, -0.1) is 10.2 Å². The van der Waals surface area contributed by atoms with Crippen LogP contribution in [0, 0.1) is 0 Å². The van der Waals surface area contributed by atoms with Crippen LogP contribution < -0.4 is 5.32 Å². The smallest absolute Gasteiger partial charge is 0.230 e. The summed E-state index contributed by atoms with van der Waals surface area (Å²) in [6.07, 6.45) is 3.53. The van der Waals surface area contributed by atoms with Gasteiger partial charge in [-0.1, -0.05) is 60.3 Å². The maximum atomic E-state index is 12.2. The van der Waals surface area contributed by atoms with Crippen LogP contribution in [0.5, 0.6) is 0 Å². The highest BCUT2D eigenvalue weighted by atomic mass is 32.2. The summed E-state index contributed by atoms with van der Waals surface area (Å²) in [7, 11) is 1.94. The summed E-state index contributed by atoms with van der Waals surface area (Å²) in [5.41, 5.74) is 3.53. The number of carbonyl (C=O) groups is 1. The lowest BCUT2D eigenvalue weighted by atomic mass is 10.1. The molecule has 0 saturated heterocycles. The third-order valence-corrected chi connectivity index (χ3v) is 5.87. The zero-order valence-electron chi connectivity index (χ0n) is 16.3. The van der Waals surface area contributed by atoms with Gasteiger partial charge in [0.1, 0.15) is 5.82 Å². The maximum Gasteiger partial charge on any atom is 0.230 e. The second kappa shape index (κ2) is 8.96. The molecule has 1 amide bonds. The van der Waals surface area contributed by atoms with Gasteiger partial charge in [0.05, 0.1) is 5.75 Å². The van der Waals surface area contributed by atoms with E-state index in [-0.39, 0.29) is 5.91 Å². The molecule has 0 aliphatic carbocycles. The Balaban J connectivity index is 1.25. The van der Waals surface area contributed by atoms with Crippen molar-refractivity contribution >= 4 is 28.6 Å². The Kier molecular flexibility index (Phi) is 5.95. The van der Waals surface area contributed by atoms with E-state index in [1.54, 1.807) is 0 Å². The summed E-state index contributed by atoms with van der Waals surface area (Å²) < 4.78 is 1.96. The number of hydrogen-bond donors (Lipinski definition) is 2. The number of nitrogens with zero attached hydrogens (tertiary/aromatic N) is 3. The second-order valence-corrected chi connectivity index (χ2v) is 7.81. The minimum Gasteiger partial charge on any atom is -0.361 e. The van der Waals surface area contributed by atoms with Gasteiger partial charge in [-0.05, 0) is 23.6 Å². The Labute approximate surface area is 173 Å². The van der Waals surface area contributed by atoms with Gasteiger partial charge in [0.2, 0.25) is 5.91 Å². The van der Waals surface area contributed by atoms with Crippen molar-refractivity contribution < 1.29 is 4.79 Å². The predicted molar refractivity (Wildman–Crippen MR) is 116 cm³/mol. The van der Waals surface area contributed by atoms with Gasteiger partial charge in [-0.25, -0.2) is 0 Å². The number of nitrogens with one attached hydrogen (secondary N) is 2. The summed E-state index contributed by atoms with van der Waals surface area (Å²) in [5, 5.41) is 13.5. The van der Waals surface area contributed by atoms with Gasteiger partial charge in [0.15, 0.2) is 5.16 Å². The number of benzene rings is 2. The van der Waals surface area contributed by atoms with Crippen LogP contribution in [0.1, 0.15) is 17.0 Å². The Bertz CT molecular complexity index is 1100. The number of carbonyl (C=O) groups excluding carboxylic acids is 1. The molecule has 0 atom stereocenters. The molecule has 0 bridgehead atoms. The van der Waals surface area contributed by atoms with E-state index in [2.05, 4.69) is 44.8 Å². The van der Waals surface area contributed by atoms with Crippen LogP contribution in [-0.2, 0) is 24.7 Å². The highest BCUT2D eigenvalue weighted by Gasteiger charge is 2.12. The Morgan fingerprint density at radius 3 is 2.76 bits per heavy atom. The molecular weight excluding hydrogens is 382 g/mol. The predicted octanol–water partition coefficient (Wildman–Crippen LogP) is 3.34. The Morgan fingerprint density at radius 2 is 1.90 bits per heavy atom. The van der Waals surface area contributed by atoms with E-state index in [1.807, 2.05) is 48.1 Å². The molecule has 0 unspecified atom stereocenters. The van der Waals surface area contributed by atoms with Crippen molar-refractivity contribution in [1.82, 2.24) is 25.1 Å². The first-order valence-electron chi connectivity index (χ1n) is 9.57. The number of amides is 1. The molecule has 2 aromatic heterocycles. The standard InChI is InChI=1S/C22H23N5OS/c1-27-20(13-16-7-3-2-4-8-16)25-26-22(27)29-15-21(28)23-12-11-17-14-24-19-10-6-5-9-18(17)19/h2-10,14,24H,11-13,15H2,1H3,(H,23,28). The van der Waals surface area contributed by atoms with E-state index in [9.17, 15) is 4.79 Å². The lowest BCUT2D eigenvalue weighted by Gasteiger charge is -2.06. The van der Waals surface area contributed by atoms with E-state index in [4.69, 9.17) is 0 Å². The van der Waals surface area contributed by atoms with Gasteiger partial charge in [0.25, 0.3) is 0 Å². The molecule has 2 aromatic carbocycles. The van der Waals surface area contributed by atoms with Gasteiger partial charge in [-0.2, -0.15) is 0 Å². The van der Waals surface area contributed by atoms with E-state index in [0.717, 1.165) is 29.3 Å². The van der Waals surface area contributed by atoms with E-state index in [0.29, 0.717) is 12.3 Å². The van der Waals surface area contributed by atoms with Gasteiger partial charge < -0.3 is 14.9 Å². The molecule has 4 aromatic rings. The number of aromatic amines is 1. The van der Waals surface area contributed by atoms with Gasteiger partial charge in [0, 0.05) is 37.1 Å². The van der Waals surface area contributed by atoms with E-state index in [1.165, 1.54) is 28.3 Å². The first-order chi connectivity index (χ1) is 14.2. The number of rotatable bonds is 8. The summed E-state index contributed by atoms with van der Waals surface area (Å²) in [4.78, 5) is 15.5. The summed E-state index contributed by atoms with van der Waals surface area (Å²) in [6.45, 7) is 0.610. The van der Waals surface area contributed by atoms with Crippen molar-refractivity contribution in [3.05, 3.63) is 77.7 Å². The average Bonchev–Trinajstić information content (AvgIpc) is 3.31. The Hall–Kier alpha value is -3.06. The molecule has 6 nitrogen and oxygen atoms in total. The van der Waals surface area contributed by atoms with Crippen molar-refractivity contribution in [1.29, 1.82) is 0 Å². The number of fused-ring (bicyclic) bond motifs is 1. The summed E-state index contributed by atoms with van der Waals surface area (Å²) >= 11 is 1.41. The fraction of sp³-hybridized carbons (Fsp3) is 0.227. The van der Waals surface area contributed by atoms with E-state index >= 15 is 0 Å². The van der Waals surface area contributed by atoms with Crippen molar-refractivity contribution in [2.24, 2.45) is 7.05 Å². The highest BCUT2D eigenvalue weighted by Crippen LogP contribution is 2.18. The van der Waals surface area contributed by atoms with Crippen LogP contribution in [0.25, 0.3) is 10.9 Å². The highest BCUT2D eigenvalue weighted by molar-refractivity contribution is 7.99. The molecule has 0 aliphatic rings. The van der Waals surface area contributed by atoms with Crippen LogP contribution in [0.2, 0.25) is 0 Å². The van der Waals surface area contributed by atoms with E-state index < -0.39 is 0 Å². The molecule has 0 aliphatic heterocycles. The lowest BCUT2D eigenvalue weighted by Crippen LogP contribution is -2.27. The SMILES string of the molecule is Cn1c(Cc2ccccc2)nnc1SCC(=O)NCCc1c[nH]c2ccccc12. The number of hydrogen-bond acceptors (Lipinski definition) is 4. The number of H-pyrrole nitrogens is 1. The molecule has 7 heteroatoms. The quantitative estimate of drug-likeness (QED) is 0.441. The molecule has 2 heterocycles. The van der Waals surface area contributed by atoms with Crippen LogP contribution >= 0.6 is 11.8 Å². The Morgan fingerprint density at radius 1 is 1.10 bits per heavy atom. The van der Waals surface area contributed by atoms with Crippen LogP contribution in [0.3, 0.4) is 0 Å². The molecule has 2 N–H and O–H groups in total. The van der Waals surface area contributed by atoms with Crippen molar-refractivity contribution in [3.8, 4) is 0 Å². The fourth-order valence-electron chi connectivity index (χ4n) is 3.26.